The quantitative estimate of drug-likeness (QED) is 0.0169. The van der Waals surface area contributed by atoms with Gasteiger partial charge in [-0.15, -0.1) is 29.8 Å². The normalized spacial score (nSPS) is 19.5. The number of aromatic nitrogens is 12. The van der Waals surface area contributed by atoms with Crippen LogP contribution >= 0.6 is 34.8 Å². The first-order valence-electron chi connectivity index (χ1n) is 34.9. The summed E-state index contributed by atoms with van der Waals surface area (Å²) in [6.45, 7) is 33.5. The molecule has 0 aliphatic carbocycles. The number of halogens is 9. The van der Waals surface area contributed by atoms with E-state index in [1.165, 1.54) is 15.9 Å². The van der Waals surface area contributed by atoms with Crippen LogP contribution in [0.5, 0.6) is 0 Å². The molecule has 41 heteroatoms. The van der Waals surface area contributed by atoms with Crippen molar-refractivity contribution >= 4 is 107 Å². The van der Waals surface area contributed by atoms with Crippen LogP contribution in [0.15, 0.2) is 37.7 Å². The average molecular weight is 1640 g/mol. The van der Waals surface area contributed by atoms with Gasteiger partial charge in [0.15, 0.2) is 75.2 Å². The second-order valence-electron chi connectivity index (χ2n) is 29.7. The van der Waals surface area contributed by atoms with Crippen LogP contribution in [0, 0.1) is 17.5 Å². The maximum absolute atomic E-state index is 15.5. The molecule has 6 aromatic rings. The minimum absolute atomic E-state index is 0. The molecule has 13 heterocycles. The number of aryl methyl sites for hydroxylation is 1. The van der Waals surface area contributed by atoms with Crippen molar-refractivity contribution in [3.8, 4) is 0 Å². The summed E-state index contributed by atoms with van der Waals surface area (Å²) in [5, 5.41) is 38.3. The molecule has 4 saturated heterocycles. The SMILES string of the molecule is C.C=CB1OC(C)(C)C(C)(C)O1.C=Cc1ncc(F)c(Nc2n[nH]c3c2CN(C(=O)C2(F)CCN(C)CC2)C3(C)C)n1.CC(Cl)Cl.CCc1ncc(F)c(Nc2n[nH]c3c2CN(C(=O)C2(F)CCN(C)CC2)C3(C)C)n1.CN1CCC(F)(C(=O)N2Cc3c(Nc4nc(Cl)ncc4F)n[nH]c3C2(C)C)CC1.O=CO[O-].[H-].[Na+].[Na+]. The van der Waals surface area contributed by atoms with Crippen molar-refractivity contribution in [1.82, 2.24) is 89.9 Å². The number of aromatic amines is 3. The zero-order valence-corrected chi connectivity index (χ0v) is 71.5. The largest absolute Gasteiger partial charge is 1.00 e. The fraction of sp³-hybridized carbons (Fsp3) is 0.586. The number of fused-ring (bicyclic) bond motifs is 3. The molecular formula is C70H99BCl3F6N21Na2O8. The minimum atomic E-state index is -1.89. The van der Waals surface area contributed by atoms with Crippen LogP contribution in [0.2, 0.25) is 5.28 Å². The number of anilines is 6. The fourth-order valence-electron chi connectivity index (χ4n) is 13.1. The van der Waals surface area contributed by atoms with E-state index >= 15 is 13.2 Å². The van der Waals surface area contributed by atoms with Gasteiger partial charge >= 0.3 is 66.2 Å². The van der Waals surface area contributed by atoms with Crippen molar-refractivity contribution in [1.29, 1.82) is 0 Å². The molecular weight excluding hydrogens is 1540 g/mol. The zero-order chi connectivity index (χ0) is 80.0. The van der Waals surface area contributed by atoms with Crippen LogP contribution in [0.4, 0.5) is 61.2 Å². The third-order valence-electron chi connectivity index (χ3n) is 20.6. The van der Waals surface area contributed by atoms with Gasteiger partial charge in [-0.1, -0.05) is 26.9 Å². The van der Waals surface area contributed by atoms with E-state index < -0.39 is 68.8 Å². The number of H-pyrrole nitrogens is 3. The number of likely N-dealkylation sites (tertiary alicyclic amines) is 3. The Kier molecular flexibility index (Phi) is 33.2. The molecule has 7 aliphatic heterocycles. The molecule has 0 spiro atoms. The molecule has 6 aromatic heterocycles. The Morgan fingerprint density at radius 1 is 0.595 bits per heavy atom. The number of amides is 3. The number of nitrogens with one attached hydrogen (secondary N) is 6. The Morgan fingerprint density at radius 2 is 0.892 bits per heavy atom. The van der Waals surface area contributed by atoms with Crippen molar-refractivity contribution in [2.75, 3.05) is 76.4 Å². The van der Waals surface area contributed by atoms with E-state index in [-0.39, 0.29) is 184 Å². The third-order valence-corrected chi connectivity index (χ3v) is 20.8. The van der Waals surface area contributed by atoms with E-state index in [0.29, 0.717) is 103 Å². The second-order valence-corrected chi connectivity index (χ2v) is 31.6. The van der Waals surface area contributed by atoms with E-state index in [1.54, 1.807) is 17.8 Å². The summed E-state index contributed by atoms with van der Waals surface area (Å²) in [5.41, 5.74) is -4.31. The molecule has 3 amide bonds. The van der Waals surface area contributed by atoms with E-state index in [0.717, 1.165) is 18.6 Å². The number of rotatable bonds is 13. The maximum atomic E-state index is 15.5. The van der Waals surface area contributed by atoms with Crippen LogP contribution < -0.4 is 80.3 Å². The van der Waals surface area contributed by atoms with Crippen LogP contribution in [0.1, 0.15) is 176 Å². The first kappa shape index (κ1) is 95.5. The van der Waals surface area contributed by atoms with Crippen molar-refractivity contribution in [2.24, 2.45) is 0 Å². The smallest absolute Gasteiger partial charge is 1.00 e. The van der Waals surface area contributed by atoms with Gasteiger partial charge in [0.2, 0.25) is 5.28 Å². The van der Waals surface area contributed by atoms with Gasteiger partial charge in [0.1, 0.15) is 10.7 Å². The van der Waals surface area contributed by atoms with Gasteiger partial charge in [-0.2, -0.15) is 20.3 Å². The first-order chi connectivity index (χ1) is 50.5. The minimum Gasteiger partial charge on any atom is -1.00 e. The molecule has 0 aromatic carbocycles. The number of carbonyl (C=O) groups excluding carboxylic acids is 4. The molecule has 6 N–H and O–H groups in total. The van der Waals surface area contributed by atoms with Gasteiger partial charge in [0, 0.05) is 101 Å². The topological polar surface area (TPSA) is 338 Å². The summed E-state index contributed by atoms with van der Waals surface area (Å²) in [7, 11) is 5.51. The molecule has 600 valence electrons. The summed E-state index contributed by atoms with van der Waals surface area (Å²) in [6, 6.07) is 0. The predicted octanol–water partition coefficient (Wildman–Crippen LogP) is 4.94. The van der Waals surface area contributed by atoms with Gasteiger partial charge in [0.05, 0.1) is 83.1 Å². The number of hydrogen-bond donors (Lipinski definition) is 6. The standard InChI is InChI=1S/C20H27F2N7O.C20H25F2N7O.C18H22ClF2N7O.C8H15BO2.C2H4Cl2.CH2O3.CH4.2Na.H/c2*1-5-14-23-10-13(21)17(24-14)25-16-12-11-29(19(2,3)15(12)26-27-16)18(30)20(22)6-8-28(4)9-7-20;1-17(2)12-10(9-28(17)15(29)18(21)4-6-27(3)7-5-18)13(26-25-12)23-14-11(20)8-22-16(19)24-14;1-6-9-10-7(2,3)8(4,5)11-9;1-2(3)4;2-1-4-3;;;;/h10H,5-9,11H2,1-4H3,(H2,23,24,25,26,27);5,10H,1,6-9,11H2,2-4H3,(H2,23,24,25,26,27);8H,4-7,9H2,1-3H3,(H2,22,23,24,25,26);6H,1H2,2-5H3;2H,1H3;1,3H;1H4;;;/q;;;;;;;2*+1;-1/p-1. The Balaban J connectivity index is 0.000000312. The Labute approximate surface area is 704 Å². The Morgan fingerprint density at radius 3 is 1.18 bits per heavy atom. The second kappa shape index (κ2) is 38.6. The van der Waals surface area contributed by atoms with Gasteiger partial charge in [-0.05, 0) is 115 Å². The molecule has 0 unspecified atom stereocenters. The molecule has 13 rings (SSSR count). The average Bonchev–Trinajstić information content (AvgIpc) is 1.48. The number of piperidine rings is 3. The number of hydrogen-bond acceptors (Lipinski definition) is 23. The monoisotopic (exact) mass is 1640 g/mol. The molecule has 111 heavy (non-hydrogen) atoms. The molecule has 7 aliphatic rings. The van der Waals surface area contributed by atoms with Gasteiger partial charge in [-0.3, -0.25) is 34.5 Å². The molecule has 0 saturated carbocycles. The number of alkyl halides is 5. The summed E-state index contributed by atoms with van der Waals surface area (Å²) in [5.74, 6) is -0.131. The molecule has 0 radical (unpaired) electrons. The van der Waals surface area contributed by atoms with E-state index in [2.05, 4.69) is 94.5 Å². The Bertz CT molecular complexity index is 4210. The van der Waals surface area contributed by atoms with Crippen molar-refractivity contribution in [3.05, 3.63) is 106 Å². The zero-order valence-electron chi connectivity index (χ0n) is 66.2. The molecule has 4 fully saturated rings. The summed E-state index contributed by atoms with van der Waals surface area (Å²) in [6.07, 6.45) is 6.12. The van der Waals surface area contributed by atoms with Crippen molar-refractivity contribution in [2.45, 2.75) is 205 Å². The maximum Gasteiger partial charge on any atom is 1.00 e. The molecule has 29 nitrogen and oxygen atoms in total. The van der Waals surface area contributed by atoms with Gasteiger partial charge in [0.25, 0.3) is 24.2 Å². The van der Waals surface area contributed by atoms with Crippen LogP contribution in [-0.4, -0.2) is 215 Å². The van der Waals surface area contributed by atoms with Crippen LogP contribution in [0.25, 0.3) is 6.08 Å². The van der Waals surface area contributed by atoms with E-state index in [9.17, 15) is 27.6 Å². The predicted molar refractivity (Wildman–Crippen MR) is 401 cm³/mol. The van der Waals surface area contributed by atoms with Crippen molar-refractivity contribution in [3.63, 3.8) is 0 Å². The fourth-order valence-corrected chi connectivity index (χ4v) is 13.2. The number of nitrogens with zero attached hydrogens (tertiary/aromatic N) is 15. The summed E-state index contributed by atoms with van der Waals surface area (Å²) < 4.78 is 100.0. The van der Waals surface area contributed by atoms with Gasteiger partial charge in [-0.25, -0.2) is 51.3 Å². The third kappa shape index (κ3) is 21.5. The summed E-state index contributed by atoms with van der Waals surface area (Å²) >= 11 is 15.8. The van der Waals surface area contributed by atoms with E-state index in [1.807, 2.05) is 112 Å². The van der Waals surface area contributed by atoms with E-state index in [4.69, 9.17) is 54.2 Å². The van der Waals surface area contributed by atoms with Gasteiger partial charge < -0.3 is 66.2 Å². The van der Waals surface area contributed by atoms with Crippen LogP contribution in [0.3, 0.4) is 0 Å². The molecule has 0 atom stereocenters. The Hall–Kier alpha value is -6.10. The van der Waals surface area contributed by atoms with Crippen LogP contribution in [-0.2, 0) is 76.0 Å². The molecule has 0 bridgehead atoms. The summed E-state index contributed by atoms with van der Waals surface area (Å²) in [4.78, 5) is 84.7. The van der Waals surface area contributed by atoms with Crippen molar-refractivity contribution < 1.29 is 126 Å². The first-order valence-corrected chi connectivity index (χ1v) is 36.2. The number of carbonyl (C=O) groups is 4.